The van der Waals surface area contributed by atoms with Crippen molar-refractivity contribution in [2.75, 3.05) is 11.9 Å². The largest absolute Gasteiger partial charge is 0.306 e. The molecule has 0 radical (unpaired) electrons. The highest BCUT2D eigenvalue weighted by molar-refractivity contribution is 7.18. The lowest BCUT2D eigenvalue weighted by Gasteiger charge is -2.21. The van der Waals surface area contributed by atoms with Crippen LogP contribution in [0.4, 0.5) is 5.13 Å². The second-order valence-electron chi connectivity index (χ2n) is 5.27. The standard InChI is InChI=1S/C15H18N4OS.ClH/c1-10-5-7-11(8-6-10)14-18-19-15(21-14)17-13(20)12-4-2-3-9-16-12;/h5-8,12,16H,2-4,9H2,1H3,(H,17,19,20);1H/t12-;/m1./s1. The van der Waals surface area contributed by atoms with Gasteiger partial charge in [-0.25, -0.2) is 0 Å². The van der Waals surface area contributed by atoms with Gasteiger partial charge in [-0.3, -0.25) is 10.1 Å². The van der Waals surface area contributed by atoms with E-state index in [9.17, 15) is 4.79 Å². The molecule has 1 atom stereocenters. The number of rotatable bonds is 3. The van der Waals surface area contributed by atoms with E-state index in [4.69, 9.17) is 0 Å². The fourth-order valence-corrected chi connectivity index (χ4v) is 3.11. The smallest absolute Gasteiger partial charge is 0.243 e. The average Bonchev–Trinajstić information content (AvgIpc) is 2.97. The molecule has 22 heavy (non-hydrogen) atoms. The summed E-state index contributed by atoms with van der Waals surface area (Å²) in [5.74, 6) is -0.0127. The average molecular weight is 339 g/mol. The second-order valence-corrected chi connectivity index (χ2v) is 6.25. The molecule has 2 N–H and O–H groups in total. The van der Waals surface area contributed by atoms with Crippen molar-refractivity contribution in [1.29, 1.82) is 0 Å². The van der Waals surface area contributed by atoms with Crippen molar-refractivity contribution in [3.05, 3.63) is 29.8 Å². The molecule has 1 aromatic heterocycles. The first kappa shape index (κ1) is 16.9. The molecular weight excluding hydrogens is 320 g/mol. The Labute approximate surface area is 139 Å². The Hall–Kier alpha value is -1.50. The van der Waals surface area contributed by atoms with Crippen molar-refractivity contribution in [2.24, 2.45) is 0 Å². The molecular formula is C15H19ClN4OS. The summed E-state index contributed by atoms with van der Waals surface area (Å²) in [6.45, 7) is 2.95. The fraction of sp³-hybridized carbons (Fsp3) is 0.400. The van der Waals surface area contributed by atoms with Crippen LogP contribution in [0, 0.1) is 6.92 Å². The zero-order chi connectivity index (χ0) is 14.7. The van der Waals surface area contributed by atoms with Crippen LogP contribution in [-0.2, 0) is 4.79 Å². The van der Waals surface area contributed by atoms with Gasteiger partial charge in [0.1, 0.15) is 5.01 Å². The lowest BCUT2D eigenvalue weighted by molar-refractivity contribution is -0.118. The number of aromatic nitrogens is 2. The molecule has 0 unspecified atom stereocenters. The molecule has 7 heteroatoms. The normalized spacial score (nSPS) is 17.6. The lowest BCUT2D eigenvalue weighted by atomic mass is 10.0. The molecule has 2 heterocycles. The summed E-state index contributed by atoms with van der Waals surface area (Å²) < 4.78 is 0. The Morgan fingerprint density at radius 2 is 2.05 bits per heavy atom. The van der Waals surface area contributed by atoms with Gasteiger partial charge in [-0.2, -0.15) is 0 Å². The van der Waals surface area contributed by atoms with Crippen LogP contribution in [0.3, 0.4) is 0 Å². The number of carbonyl (C=O) groups is 1. The first-order valence-electron chi connectivity index (χ1n) is 7.17. The van der Waals surface area contributed by atoms with E-state index in [2.05, 4.69) is 20.8 Å². The summed E-state index contributed by atoms with van der Waals surface area (Å²) in [4.78, 5) is 12.1. The van der Waals surface area contributed by atoms with Crippen LogP contribution in [0.25, 0.3) is 10.6 Å². The number of hydrogen-bond donors (Lipinski definition) is 2. The Bertz CT molecular complexity index is 623. The molecule has 0 saturated carbocycles. The number of benzene rings is 1. The third-order valence-corrected chi connectivity index (χ3v) is 4.47. The molecule has 1 amide bonds. The summed E-state index contributed by atoms with van der Waals surface area (Å²) in [6.07, 6.45) is 3.12. The van der Waals surface area contributed by atoms with E-state index in [0.717, 1.165) is 36.4 Å². The highest BCUT2D eigenvalue weighted by Crippen LogP contribution is 2.26. The van der Waals surface area contributed by atoms with Crippen molar-refractivity contribution in [3.63, 3.8) is 0 Å². The molecule has 118 valence electrons. The number of hydrogen-bond acceptors (Lipinski definition) is 5. The topological polar surface area (TPSA) is 66.9 Å². The number of nitrogens with zero attached hydrogens (tertiary/aromatic N) is 2. The quantitative estimate of drug-likeness (QED) is 0.902. The van der Waals surface area contributed by atoms with Crippen LogP contribution >= 0.6 is 23.7 Å². The summed E-state index contributed by atoms with van der Waals surface area (Å²) >= 11 is 1.40. The molecule has 0 spiro atoms. The number of nitrogens with one attached hydrogen (secondary N) is 2. The molecule has 1 fully saturated rings. The van der Waals surface area contributed by atoms with Crippen LogP contribution < -0.4 is 10.6 Å². The molecule has 3 rings (SSSR count). The predicted octanol–water partition coefficient (Wildman–Crippen LogP) is 3.02. The SMILES string of the molecule is Cc1ccc(-c2nnc(NC(=O)[C@H]3CCCCN3)s2)cc1.Cl. The highest BCUT2D eigenvalue weighted by atomic mass is 35.5. The van der Waals surface area contributed by atoms with Crippen LogP contribution in [0.15, 0.2) is 24.3 Å². The molecule has 0 bridgehead atoms. The van der Waals surface area contributed by atoms with Crippen LogP contribution in [0.1, 0.15) is 24.8 Å². The van der Waals surface area contributed by atoms with Crippen LogP contribution in [-0.4, -0.2) is 28.7 Å². The fourth-order valence-electron chi connectivity index (χ4n) is 2.35. The van der Waals surface area contributed by atoms with Gasteiger partial charge < -0.3 is 5.32 Å². The number of carbonyl (C=O) groups excluding carboxylic acids is 1. The maximum Gasteiger partial charge on any atom is 0.243 e. The molecule has 2 aromatic rings. The van der Waals surface area contributed by atoms with Gasteiger partial charge in [-0.15, -0.1) is 22.6 Å². The minimum Gasteiger partial charge on any atom is -0.306 e. The Kier molecular flexibility index (Phi) is 5.88. The lowest BCUT2D eigenvalue weighted by Crippen LogP contribution is -2.43. The number of anilines is 1. The minimum atomic E-state index is -0.106. The summed E-state index contributed by atoms with van der Waals surface area (Å²) in [5, 5.41) is 15.7. The van der Waals surface area contributed by atoms with Gasteiger partial charge >= 0.3 is 0 Å². The number of halogens is 1. The van der Waals surface area contributed by atoms with E-state index in [1.165, 1.54) is 16.9 Å². The van der Waals surface area contributed by atoms with E-state index >= 15 is 0 Å². The second kappa shape index (κ2) is 7.67. The van der Waals surface area contributed by atoms with E-state index in [0.29, 0.717) is 5.13 Å². The first-order chi connectivity index (χ1) is 10.2. The van der Waals surface area contributed by atoms with Crippen molar-refractivity contribution < 1.29 is 4.79 Å². The molecule has 0 aliphatic carbocycles. The molecule has 5 nitrogen and oxygen atoms in total. The number of amides is 1. The van der Waals surface area contributed by atoms with Gasteiger partial charge in [-0.1, -0.05) is 47.6 Å². The van der Waals surface area contributed by atoms with Gasteiger partial charge in [0.2, 0.25) is 11.0 Å². The zero-order valence-electron chi connectivity index (χ0n) is 12.3. The first-order valence-corrected chi connectivity index (χ1v) is 7.99. The van der Waals surface area contributed by atoms with E-state index in [1.54, 1.807) is 0 Å². The zero-order valence-corrected chi connectivity index (χ0v) is 14.0. The summed E-state index contributed by atoms with van der Waals surface area (Å²) in [6, 6.07) is 8.02. The van der Waals surface area contributed by atoms with E-state index in [1.807, 2.05) is 31.2 Å². The van der Waals surface area contributed by atoms with E-state index < -0.39 is 0 Å². The third kappa shape index (κ3) is 4.03. The minimum absolute atomic E-state index is 0. The van der Waals surface area contributed by atoms with Crippen molar-refractivity contribution in [2.45, 2.75) is 32.2 Å². The maximum absolute atomic E-state index is 12.1. The Morgan fingerprint density at radius 3 is 2.73 bits per heavy atom. The molecule has 1 saturated heterocycles. The van der Waals surface area contributed by atoms with Gasteiger partial charge in [-0.05, 0) is 26.3 Å². The highest BCUT2D eigenvalue weighted by Gasteiger charge is 2.21. The van der Waals surface area contributed by atoms with Gasteiger partial charge in [0, 0.05) is 5.56 Å². The number of piperidine rings is 1. The van der Waals surface area contributed by atoms with E-state index in [-0.39, 0.29) is 24.4 Å². The summed E-state index contributed by atoms with van der Waals surface area (Å²) in [7, 11) is 0. The predicted molar refractivity (Wildman–Crippen MR) is 91.6 cm³/mol. The molecule has 1 aliphatic heterocycles. The Balaban J connectivity index is 0.00000176. The molecule has 1 aromatic carbocycles. The number of aryl methyl sites for hydroxylation is 1. The van der Waals surface area contributed by atoms with Crippen LogP contribution in [0.5, 0.6) is 0 Å². The van der Waals surface area contributed by atoms with Gasteiger partial charge in [0.05, 0.1) is 6.04 Å². The van der Waals surface area contributed by atoms with Crippen molar-refractivity contribution in [1.82, 2.24) is 15.5 Å². The van der Waals surface area contributed by atoms with Crippen LogP contribution in [0.2, 0.25) is 0 Å². The van der Waals surface area contributed by atoms with Gasteiger partial charge in [0.15, 0.2) is 0 Å². The summed E-state index contributed by atoms with van der Waals surface area (Å²) in [5.41, 5.74) is 2.23. The monoisotopic (exact) mass is 338 g/mol. The molecule has 1 aliphatic rings. The third-order valence-electron chi connectivity index (χ3n) is 3.58. The van der Waals surface area contributed by atoms with Gasteiger partial charge in [0.25, 0.3) is 0 Å². The maximum atomic E-state index is 12.1. The Morgan fingerprint density at radius 1 is 1.27 bits per heavy atom. The van der Waals surface area contributed by atoms with Crippen molar-refractivity contribution in [3.8, 4) is 10.6 Å². The van der Waals surface area contributed by atoms with Crippen molar-refractivity contribution >= 4 is 34.8 Å².